The third kappa shape index (κ3) is 3.11. The van der Waals surface area contributed by atoms with Crippen LogP contribution in [0.2, 0.25) is 0 Å². The van der Waals surface area contributed by atoms with Crippen molar-refractivity contribution in [1.29, 1.82) is 0 Å². The largest absolute Gasteiger partial charge is 0.474 e. The minimum absolute atomic E-state index is 0.582. The molecule has 1 aromatic carbocycles. The molecule has 1 heterocycles. The second-order valence-electron chi connectivity index (χ2n) is 8.75. The Labute approximate surface area is 175 Å². The molecule has 1 aliphatic heterocycles. The van der Waals surface area contributed by atoms with E-state index in [2.05, 4.69) is 17.2 Å². The van der Waals surface area contributed by atoms with Gasteiger partial charge in [-0.3, -0.25) is 4.79 Å². The van der Waals surface area contributed by atoms with E-state index >= 15 is 0 Å². The number of carbonyl (C=O) groups excluding carboxylic acids is 1. The Morgan fingerprint density at radius 3 is 2.70 bits per heavy atom. The van der Waals surface area contributed by atoms with Crippen LogP contribution in [0.5, 0.6) is 5.75 Å². The van der Waals surface area contributed by atoms with E-state index in [4.69, 9.17) is 9.84 Å². The Bertz CT molecular complexity index is 1050. The van der Waals surface area contributed by atoms with Crippen molar-refractivity contribution >= 4 is 17.6 Å². The molecule has 1 atom stereocenters. The average molecular weight is 406 g/mol. The lowest BCUT2D eigenvalue weighted by Gasteiger charge is -2.25. The van der Waals surface area contributed by atoms with E-state index in [0.717, 1.165) is 71.9 Å². The molecule has 1 fully saturated rings. The average Bonchev–Trinajstić information content (AvgIpc) is 3.25. The summed E-state index contributed by atoms with van der Waals surface area (Å²) < 4.78 is 6.52. The predicted octanol–water partition coefficient (Wildman–Crippen LogP) is 3.96. The summed E-state index contributed by atoms with van der Waals surface area (Å²) in [6, 6.07) is 1.83. The van der Waals surface area contributed by atoms with Crippen LogP contribution in [0.4, 0.5) is 5.69 Å². The van der Waals surface area contributed by atoms with Gasteiger partial charge >= 0.3 is 11.9 Å². The lowest BCUT2D eigenvalue weighted by Crippen LogP contribution is -2.23. The van der Waals surface area contributed by atoms with Gasteiger partial charge in [0.15, 0.2) is 0 Å². The molecule has 3 aliphatic carbocycles. The summed E-state index contributed by atoms with van der Waals surface area (Å²) in [4.78, 5) is 22.7. The van der Waals surface area contributed by atoms with Gasteiger partial charge in [0.1, 0.15) is 11.5 Å². The summed E-state index contributed by atoms with van der Waals surface area (Å²) in [6.07, 6.45) is 9.31. The number of ether oxygens (including phenoxy) is 1. The molecule has 30 heavy (non-hydrogen) atoms. The summed E-state index contributed by atoms with van der Waals surface area (Å²) in [5, 5.41) is 14.8. The quantitative estimate of drug-likeness (QED) is 0.659. The zero-order chi connectivity index (χ0) is 21.0. The number of amides is 1. The monoisotopic (exact) mass is 406 g/mol. The van der Waals surface area contributed by atoms with Gasteiger partial charge in [-0.2, -0.15) is 0 Å². The van der Waals surface area contributed by atoms with Gasteiger partial charge in [0, 0.05) is 28.7 Å². The third-order valence-corrected chi connectivity index (χ3v) is 6.78. The van der Waals surface area contributed by atoms with E-state index < -0.39 is 11.9 Å². The van der Waals surface area contributed by atoms with Crippen LogP contribution in [0.15, 0.2) is 41.4 Å². The number of hydrogen-bond donors (Lipinski definition) is 3. The predicted molar refractivity (Wildman–Crippen MR) is 113 cm³/mol. The van der Waals surface area contributed by atoms with E-state index in [0.29, 0.717) is 11.6 Å². The van der Waals surface area contributed by atoms with Crippen LogP contribution in [0.1, 0.15) is 48.8 Å². The normalized spacial score (nSPS) is 22.2. The van der Waals surface area contributed by atoms with Gasteiger partial charge in [0.25, 0.3) is 0 Å². The summed E-state index contributed by atoms with van der Waals surface area (Å²) in [5.41, 5.74) is 7.13. The zero-order valence-corrected chi connectivity index (χ0v) is 17.1. The SMILES string of the molecule is C=C1NC=C(Oc2c(C)cc(NC(=O)C(=O)O)c3c2CCC3)C2=C1C(C1CC1)CC2. The van der Waals surface area contributed by atoms with Crippen LogP contribution in [0.3, 0.4) is 0 Å². The van der Waals surface area contributed by atoms with Crippen LogP contribution < -0.4 is 15.4 Å². The highest BCUT2D eigenvalue weighted by Crippen LogP contribution is 2.52. The maximum absolute atomic E-state index is 11.7. The molecular weight excluding hydrogens is 380 g/mol. The number of hydrogen-bond acceptors (Lipinski definition) is 4. The van der Waals surface area contributed by atoms with Gasteiger partial charge in [-0.25, -0.2) is 4.79 Å². The third-order valence-electron chi connectivity index (χ3n) is 6.78. The number of dihydropyridines is 1. The maximum atomic E-state index is 11.7. The number of aryl methyl sites for hydroxylation is 1. The molecule has 156 valence electrons. The van der Waals surface area contributed by atoms with Crippen molar-refractivity contribution in [1.82, 2.24) is 5.32 Å². The van der Waals surface area contributed by atoms with Crippen LogP contribution >= 0.6 is 0 Å². The Hall–Kier alpha value is -3.02. The summed E-state index contributed by atoms with van der Waals surface area (Å²) in [7, 11) is 0. The van der Waals surface area contributed by atoms with E-state index in [-0.39, 0.29) is 0 Å². The fourth-order valence-electron chi connectivity index (χ4n) is 5.28. The topological polar surface area (TPSA) is 87.7 Å². The highest BCUT2D eigenvalue weighted by atomic mass is 16.5. The van der Waals surface area contributed by atoms with Crippen LogP contribution in [-0.4, -0.2) is 17.0 Å². The maximum Gasteiger partial charge on any atom is 0.394 e. The number of allylic oxidation sites excluding steroid dienone is 2. The molecule has 0 radical (unpaired) electrons. The lowest BCUT2D eigenvalue weighted by atomic mass is 9.92. The molecule has 1 unspecified atom stereocenters. The van der Waals surface area contributed by atoms with Gasteiger partial charge in [0.2, 0.25) is 0 Å². The van der Waals surface area contributed by atoms with E-state index in [1.807, 2.05) is 19.2 Å². The fourth-order valence-corrected chi connectivity index (χ4v) is 5.28. The molecule has 1 saturated carbocycles. The van der Waals surface area contributed by atoms with Gasteiger partial charge < -0.3 is 20.5 Å². The number of rotatable bonds is 4. The van der Waals surface area contributed by atoms with Crippen molar-refractivity contribution in [2.24, 2.45) is 11.8 Å². The molecular formula is C24H26N2O4. The lowest BCUT2D eigenvalue weighted by molar-refractivity contribution is -0.147. The minimum atomic E-state index is -1.48. The highest BCUT2D eigenvalue weighted by molar-refractivity contribution is 6.36. The first-order valence-electron chi connectivity index (χ1n) is 10.7. The van der Waals surface area contributed by atoms with Gasteiger partial charge in [0.05, 0.1) is 0 Å². The molecule has 1 amide bonds. The Balaban J connectivity index is 1.48. The number of nitrogens with one attached hydrogen (secondary N) is 2. The van der Waals surface area contributed by atoms with Crippen LogP contribution in [0.25, 0.3) is 0 Å². The molecule has 0 spiro atoms. The van der Waals surface area contributed by atoms with Crippen molar-refractivity contribution in [3.63, 3.8) is 0 Å². The van der Waals surface area contributed by atoms with Crippen molar-refractivity contribution in [3.05, 3.63) is 58.1 Å². The molecule has 4 aliphatic rings. The molecule has 0 aromatic heterocycles. The standard InChI is InChI=1S/C24H26N2O4/c1-12-10-19(26-23(27)24(28)29)16-4-3-5-17(16)22(12)30-20-11-25-13(2)21-15(14-6-7-14)8-9-18(20)21/h10-11,14-15,25H,2-9H2,1H3,(H,26,27)(H,28,29). The number of carboxylic acids is 1. The molecule has 6 nitrogen and oxygen atoms in total. The van der Waals surface area contributed by atoms with Crippen molar-refractivity contribution in [2.75, 3.05) is 5.32 Å². The van der Waals surface area contributed by atoms with Gasteiger partial charge in [-0.05, 0) is 86.5 Å². The number of carbonyl (C=O) groups is 2. The van der Waals surface area contributed by atoms with Crippen molar-refractivity contribution in [2.45, 2.75) is 51.9 Å². The van der Waals surface area contributed by atoms with E-state index in [1.54, 1.807) is 0 Å². The van der Waals surface area contributed by atoms with Crippen LogP contribution in [0, 0.1) is 18.8 Å². The molecule has 1 aromatic rings. The number of aliphatic carboxylic acids is 1. The van der Waals surface area contributed by atoms with E-state index in [1.165, 1.54) is 24.0 Å². The Morgan fingerprint density at radius 1 is 1.20 bits per heavy atom. The first-order valence-corrected chi connectivity index (χ1v) is 10.7. The number of anilines is 1. The smallest absolute Gasteiger partial charge is 0.394 e. The molecule has 3 N–H and O–H groups in total. The molecule has 0 saturated heterocycles. The summed E-state index contributed by atoms with van der Waals surface area (Å²) >= 11 is 0. The first kappa shape index (κ1) is 19.0. The van der Waals surface area contributed by atoms with Crippen LogP contribution in [-0.2, 0) is 22.4 Å². The second kappa shape index (κ2) is 7.04. The van der Waals surface area contributed by atoms with Gasteiger partial charge in [-0.15, -0.1) is 0 Å². The highest BCUT2D eigenvalue weighted by Gasteiger charge is 2.41. The molecule has 0 bridgehead atoms. The minimum Gasteiger partial charge on any atom is -0.474 e. The van der Waals surface area contributed by atoms with Gasteiger partial charge in [-0.1, -0.05) is 6.58 Å². The zero-order valence-electron chi connectivity index (χ0n) is 17.1. The fraction of sp³-hybridized carbons (Fsp3) is 0.417. The number of benzene rings is 1. The first-order chi connectivity index (χ1) is 14.4. The number of carboxylic acid groups (broad SMARTS) is 1. The Morgan fingerprint density at radius 2 is 1.97 bits per heavy atom. The molecule has 5 rings (SSSR count). The van der Waals surface area contributed by atoms with Crippen molar-refractivity contribution < 1.29 is 19.4 Å². The van der Waals surface area contributed by atoms with E-state index in [9.17, 15) is 9.59 Å². The summed E-state index contributed by atoms with van der Waals surface area (Å²) in [6.45, 7) is 6.17. The molecule has 6 heteroatoms. The van der Waals surface area contributed by atoms with Crippen molar-refractivity contribution in [3.8, 4) is 5.75 Å². The number of fused-ring (bicyclic) bond motifs is 1. The summed E-state index contributed by atoms with van der Waals surface area (Å²) in [5.74, 6) is 0.579. The second-order valence-corrected chi connectivity index (χ2v) is 8.75. The Kier molecular flexibility index (Phi) is 4.45.